The van der Waals surface area contributed by atoms with E-state index in [0.29, 0.717) is 6.54 Å². The second-order valence-electron chi connectivity index (χ2n) is 3.55. The third-order valence-corrected chi connectivity index (χ3v) is 2.89. The molecule has 2 rings (SSSR count). The van der Waals surface area contributed by atoms with E-state index >= 15 is 0 Å². The number of nitrogens with one attached hydrogen (secondary N) is 2. The van der Waals surface area contributed by atoms with E-state index in [2.05, 4.69) is 10.6 Å². The van der Waals surface area contributed by atoms with Crippen molar-refractivity contribution in [1.29, 1.82) is 0 Å². The number of anilines is 1. The lowest BCUT2D eigenvalue weighted by Gasteiger charge is -2.25. The summed E-state index contributed by atoms with van der Waals surface area (Å²) >= 11 is 0. The lowest BCUT2D eigenvalue weighted by molar-refractivity contribution is -0.148. The number of rotatable bonds is 2. The summed E-state index contributed by atoms with van der Waals surface area (Å²) in [5.74, 6) is -0.262. The fraction of sp³-hybridized carbons (Fsp3) is 0.364. The highest BCUT2D eigenvalue weighted by molar-refractivity contribution is 5.88. The third kappa shape index (κ3) is 1.29. The first-order valence-corrected chi connectivity index (χ1v) is 4.85. The molecule has 0 saturated heterocycles. The van der Waals surface area contributed by atoms with Crippen LogP contribution in [-0.2, 0) is 15.1 Å². The minimum Gasteiger partial charge on any atom is -0.467 e. The maximum atomic E-state index is 11.8. The van der Waals surface area contributed by atoms with Gasteiger partial charge >= 0.3 is 5.97 Å². The van der Waals surface area contributed by atoms with Gasteiger partial charge in [-0.05, 0) is 13.1 Å². The minimum absolute atomic E-state index is 0.262. The molecule has 0 radical (unpaired) electrons. The Kier molecular flexibility index (Phi) is 2.36. The van der Waals surface area contributed by atoms with E-state index in [1.807, 2.05) is 24.3 Å². The lowest BCUT2D eigenvalue weighted by atomic mass is 9.92. The van der Waals surface area contributed by atoms with Crippen molar-refractivity contribution >= 4 is 11.7 Å². The Morgan fingerprint density at radius 2 is 2.27 bits per heavy atom. The molecule has 80 valence electrons. The molecule has 0 spiro atoms. The number of ether oxygens (including phenoxy) is 1. The molecule has 1 heterocycles. The standard InChI is InChI=1S/C11H14N2O2/c1-12-11(10(14)15-2)7-13-9-6-4-3-5-8(9)11/h3-6,12-13H,7H2,1-2H3. The van der Waals surface area contributed by atoms with Crippen LogP contribution in [0.3, 0.4) is 0 Å². The fourth-order valence-electron chi connectivity index (χ4n) is 2.01. The number of carbonyl (C=O) groups excluding carboxylic acids is 1. The molecule has 1 aromatic rings. The molecule has 1 atom stereocenters. The van der Waals surface area contributed by atoms with Crippen molar-refractivity contribution in [2.45, 2.75) is 5.54 Å². The summed E-state index contributed by atoms with van der Waals surface area (Å²) in [6.07, 6.45) is 0. The van der Waals surface area contributed by atoms with Crippen molar-refractivity contribution in [3.63, 3.8) is 0 Å². The number of hydrogen-bond donors (Lipinski definition) is 2. The van der Waals surface area contributed by atoms with Crippen LogP contribution in [0, 0.1) is 0 Å². The molecule has 0 aliphatic carbocycles. The fourth-order valence-corrected chi connectivity index (χ4v) is 2.01. The molecule has 1 unspecified atom stereocenters. The van der Waals surface area contributed by atoms with Crippen molar-refractivity contribution in [2.75, 3.05) is 26.0 Å². The molecule has 1 aliphatic rings. The monoisotopic (exact) mass is 206 g/mol. The van der Waals surface area contributed by atoms with Crippen LogP contribution in [0.25, 0.3) is 0 Å². The maximum Gasteiger partial charge on any atom is 0.332 e. The molecule has 0 saturated carbocycles. The van der Waals surface area contributed by atoms with E-state index in [4.69, 9.17) is 4.74 Å². The predicted molar refractivity (Wildman–Crippen MR) is 57.7 cm³/mol. The first-order chi connectivity index (χ1) is 7.24. The van der Waals surface area contributed by atoms with Gasteiger partial charge in [-0.15, -0.1) is 0 Å². The van der Waals surface area contributed by atoms with Gasteiger partial charge in [-0.1, -0.05) is 18.2 Å². The molecule has 4 nitrogen and oxygen atoms in total. The first-order valence-electron chi connectivity index (χ1n) is 4.85. The largest absolute Gasteiger partial charge is 0.467 e. The normalized spacial score (nSPS) is 23.1. The van der Waals surface area contributed by atoms with Crippen molar-refractivity contribution < 1.29 is 9.53 Å². The topological polar surface area (TPSA) is 50.4 Å². The van der Waals surface area contributed by atoms with Gasteiger partial charge in [0.05, 0.1) is 7.11 Å². The van der Waals surface area contributed by atoms with Gasteiger partial charge in [0.15, 0.2) is 5.54 Å². The van der Waals surface area contributed by atoms with Crippen molar-refractivity contribution in [2.24, 2.45) is 0 Å². The van der Waals surface area contributed by atoms with Gasteiger partial charge in [-0.2, -0.15) is 0 Å². The Labute approximate surface area is 88.6 Å². The van der Waals surface area contributed by atoms with Gasteiger partial charge in [-0.3, -0.25) is 5.32 Å². The van der Waals surface area contributed by atoms with Crippen LogP contribution in [0.1, 0.15) is 5.56 Å². The molecule has 15 heavy (non-hydrogen) atoms. The molecule has 0 amide bonds. The molecule has 1 aliphatic heterocycles. The number of benzene rings is 1. The molecule has 1 aromatic carbocycles. The molecule has 0 fully saturated rings. The lowest BCUT2D eigenvalue weighted by Crippen LogP contribution is -2.49. The number of esters is 1. The average Bonchev–Trinajstić information content (AvgIpc) is 2.68. The summed E-state index contributed by atoms with van der Waals surface area (Å²) in [7, 11) is 3.17. The zero-order valence-corrected chi connectivity index (χ0v) is 8.83. The Morgan fingerprint density at radius 1 is 1.53 bits per heavy atom. The maximum absolute atomic E-state index is 11.8. The number of fused-ring (bicyclic) bond motifs is 1. The van der Waals surface area contributed by atoms with Gasteiger partial charge in [0.25, 0.3) is 0 Å². The average molecular weight is 206 g/mol. The summed E-state index contributed by atoms with van der Waals surface area (Å²) in [4.78, 5) is 11.8. The van der Waals surface area contributed by atoms with Gasteiger partial charge in [-0.25, -0.2) is 4.79 Å². The van der Waals surface area contributed by atoms with E-state index in [1.165, 1.54) is 7.11 Å². The number of carbonyl (C=O) groups is 1. The summed E-state index contributed by atoms with van der Waals surface area (Å²) in [6, 6.07) is 7.75. The predicted octanol–water partition coefficient (Wildman–Crippen LogP) is 0.700. The van der Waals surface area contributed by atoms with Crippen LogP contribution >= 0.6 is 0 Å². The minimum atomic E-state index is -0.745. The number of para-hydroxylation sites is 1. The highest BCUT2D eigenvalue weighted by atomic mass is 16.5. The second-order valence-corrected chi connectivity index (χ2v) is 3.55. The SMILES string of the molecule is CNC1(C(=O)OC)CNc2ccccc21. The van der Waals surface area contributed by atoms with Crippen LogP contribution in [0.2, 0.25) is 0 Å². The van der Waals surface area contributed by atoms with E-state index in [-0.39, 0.29) is 5.97 Å². The van der Waals surface area contributed by atoms with Gasteiger partial charge < -0.3 is 10.1 Å². The quantitative estimate of drug-likeness (QED) is 0.699. The molecule has 0 aromatic heterocycles. The van der Waals surface area contributed by atoms with E-state index < -0.39 is 5.54 Å². The third-order valence-electron chi connectivity index (χ3n) is 2.89. The van der Waals surface area contributed by atoms with Gasteiger partial charge in [0, 0.05) is 17.8 Å². The second kappa shape index (κ2) is 3.55. The van der Waals surface area contributed by atoms with Crippen molar-refractivity contribution in [3.05, 3.63) is 29.8 Å². The number of hydrogen-bond acceptors (Lipinski definition) is 4. The number of likely N-dealkylation sites (N-methyl/N-ethyl adjacent to an activating group) is 1. The van der Waals surface area contributed by atoms with Gasteiger partial charge in [0.2, 0.25) is 0 Å². The summed E-state index contributed by atoms with van der Waals surface area (Å²) in [5.41, 5.74) is 1.18. The highest BCUT2D eigenvalue weighted by Crippen LogP contribution is 2.35. The Morgan fingerprint density at radius 3 is 2.93 bits per heavy atom. The summed E-state index contributed by atoms with van der Waals surface area (Å²) in [6.45, 7) is 0.523. The molecule has 2 N–H and O–H groups in total. The van der Waals surface area contributed by atoms with Crippen LogP contribution in [0.5, 0.6) is 0 Å². The summed E-state index contributed by atoms with van der Waals surface area (Å²) in [5, 5.41) is 6.24. The van der Waals surface area contributed by atoms with E-state index in [9.17, 15) is 4.79 Å². The van der Waals surface area contributed by atoms with E-state index in [1.54, 1.807) is 7.05 Å². The van der Waals surface area contributed by atoms with Crippen LogP contribution in [-0.4, -0.2) is 26.7 Å². The van der Waals surface area contributed by atoms with Crippen LogP contribution in [0.15, 0.2) is 24.3 Å². The molecule has 4 heteroatoms. The molecular weight excluding hydrogens is 192 g/mol. The zero-order chi connectivity index (χ0) is 10.9. The van der Waals surface area contributed by atoms with Crippen molar-refractivity contribution in [1.82, 2.24) is 5.32 Å². The molecular formula is C11H14N2O2. The first kappa shape index (κ1) is 9.98. The highest BCUT2D eigenvalue weighted by Gasteiger charge is 2.45. The van der Waals surface area contributed by atoms with Crippen LogP contribution < -0.4 is 10.6 Å². The Balaban J connectivity index is 2.50. The Hall–Kier alpha value is -1.55. The van der Waals surface area contributed by atoms with Crippen molar-refractivity contribution in [3.8, 4) is 0 Å². The smallest absolute Gasteiger partial charge is 0.332 e. The molecule has 0 bridgehead atoms. The van der Waals surface area contributed by atoms with E-state index in [0.717, 1.165) is 11.3 Å². The van der Waals surface area contributed by atoms with Crippen LogP contribution in [0.4, 0.5) is 5.69 Å². The Bertz CT molecular complexity index is 392. The summed E-state index contributed by atoms with van der Waals surface area (Å²) < 4.78 is 4.84. The van der Waals surface area contributed by atoms with Gasteiger partial charge in [0.1, 0.15) is 0 Å². The zero-order valence-electron chi connectivity index (χ0n) is 8.83. The number of methoxy groups -OCH3 is 1.